The Morgan fingerprint density at radius 3 is 2.92 bits per heavy atom. The van der Waals surface area contributed by atoms with Gasteiger partial charge in [-0.05, 0) is 36.7 Å². The fourth-order valence-electron chi connectivity index (χ4n) is 3.76. The molecule has 1 saturated carbocycles. The van der Waals surface area contributed by atoms with Crippen molar-refractivity contribution in [2.24, 2.45) is 17.8 Å². The van der Waals surface area contributed by atoms with Crippen molar-refractivity contribution in [1.29, 1.82) is 0 Å². The summed E-state index contributed by atoms with van der Waals surface area (Å²) in [7, 11) is 0. The average Bonchev–Trinajstić information content (AvgIpc) is 3.04. The molecule has 0 aromatic carbocycles. The number of nitrogens with two attached hydrogens (primary N) is 1. The molecule has 5 atom stereocenters. The molecule has 1 aliphatic carbocycles. The molecule has 0 spiro atoms. The van der Waals surface area contributed by atoms with Crippen LogP contribution in [0.3, 0.4) is 0 Å². The number of nitrogen functional groups attached to an aromatic ring is 1. The molecule has 2 heterocycles. The van der Waals surface area contributed by atoms with Crippen LogP contribution >= 0.6 is 11.8 Å². The number of thioether (sulfide) groups is 1. The number of carbonyl (C=O) groups excluding carboxylic acids is 1. The number of hydrogen-bond acceptors (Lipinski definition) is 7. The zero-order chi connectivity index (χ0) is 18.8. The Kier molecular flexibility index (Phi) is 5.92. The van der Waals surface area contributed by atoms with E-state index in [1.54, 1.807) is 6.20 Å². The Bertz CT molecular complexity index is 708. The van der Waals surface area contributed by atoms with E-state index in [2.05, 4.69) is 25.8 Å². The fraction of sp³-hybridized carbons (Fsp3) is 0.722. The van der Waals surface area contributed by atoms with Gasteiger partial charge in [-0.15, -0.1) is 11.8 Å². The first-order valence-electron chi connectivity index (χ1n) is 9.17. The number of carbonyl (C=O) groups is 1. The summed E-state index contributed by atoms with van der Waals surface area (Å²) >= 11 is 1.35. The van der Waals surface area contributed by atoms with Gasteiger partial charge in [-0.2, -0.15) is 4.98 Å². The van der Waals surface area contributed by atoms with Crippen LogP contribution in [0, 0.1) is 17.8 Å². The lowest BCUT2D eigenvalue weighted by Gasteiger charge is -2.37. The normalized spacial score (nSPS) is 31.9. The maximum atomic E-state index is 12.6. The van der Waals surface area contributed by atoms with Gasteiger partial charge in [0.2, 0.25) is 5.44 Å². The lowest BCUT2D eigenvalue weighted by atomic mass is 9.75. The van der Waals surface area contributed by atoms with E-state index >= 15 is 0 Å². The van der Waals surface area contributed by atoms with Crippen molar-refractivity contribution in [3.8, 4) is 0 Å². The number of esters is 1. The number of aromatic nitrogens is 2. The first-order chi connectivity index (χ1) is 12.3. The fourth-order valence-corrected chi connectivity index (χ4v) is 4.74. The highest BCUT2D eigenvalue weighted by Crippen LogP contribution is 2.37. The molecule has 0 unspecified atom stereocenters. The highest BCUT2D eigenvalue weighted by Gasteiger charge is 2.38. The molecule has 1 aromatic heterocycles. The summed E-state index contributed by atoms with van der Waals surface area (Å²) in [4.78, 5) is 28.3. The van der Waals surface area contributed by atoms with Crippen molar-refractivity contribution in [3.05, 3.63) is 22.7 Å². The zero-order valence-electron chi connectivity index (χ0n) is 15.5. The van der Waals surface area contributed by atoms with Gasteiger partial charge in [-0.1, -0.05) is 27.2 Å². The molecule has 0 amide bonds. The molecule has 26 heavy (non-hydrogen) atoms. The highest BCUT2D eigenvalue weighted by atomic mass is 32.2. The van der Waals surface area contributed by atoms with Crippen molar-refractivity contribution in [2.45, 2.75) is 57.8 Å². The predicted octanol–water partition coefficient (Wildman–Crippen LogP) is 2.42. The quantitative estimate of drug-likeness (QED) is 0.800. The third kappa shape index (κ3) is 4.23. The van der Waals surface area contributed by atoms with E-state index < -0.39 is 17.4 Å². The third-order valence-corrected chi connectivity index (χ3v) is 6.34. The molecule has 1 saturated heterocycles. The number of rotatable bonds is 4. The van der Waals surface area contributed by atoms with Crippen molar-refractivity contribution in [2.75, 3.05) is 11.5 Å². The number of hydrogen-bond donors (Lipinski definition) is 1. The van der Waals surface area contributed by atoms with E-state index in [1.165, 1.54) is 28.8 Å². The van der Waals surface area contributed by atoms with Gasteiger partial charge in [-0.3, -0.25) is 4.57 Å². The summed E-state index contributed by atoms with van der Waals surface area (Å²) in [6.45, 7) is 6.56. The summed E-state index contributed by atoms with van der Waals surface area (Å²) in [6, 6.07) is 1.54. The molecule has 1 aromatic rings. The topological polar surface area (TPSA) is 96.4 Å². The van der Waals surface area contributed by atoms with Crippen molar-refractivity contribution in [1.82, 2.24) is 9.55 Å². The van der Waals surface area contributed by atoms with E-state index in [1.807, 2.05) is 0 Å². The second-order valence-corrected chi connectivity index (χ2v) is 8.69. The zero-order valence-corrected chi connectivity index (χ0v) is 16.3. The van der Waals surface area contributed by atoms with E-state index in [0.29, 0.717) is 23.5 Å². The largest absolute Gasteiger partial charge is 0.459 e. The summed E-state index contributed by atoms with van der Waals surface area (Å²) in [5, 5.41) is 0. The summed E-state index contributed by atoms with van der Waals surface area (Å²) < 4.78 is 13.0. The Morgan fingerprint density at radius 1 is 1.46 bits per heavy atom. The molecule has 0 radical (unpaired) electrons. The Morgan fingerprint density at radius 2 is 2.23 bits per heavy atom. The van der Waals surface area contributed by atoms with Gasteiger partial charge in [0.05, 0.1) is 0 Å². The van der Waals surface area contributed by atoms with Crippen LogP contribution in [-0.4, -0.2) is 32.8 Å². The van der Waals surface area contributed by atoms with Crippen LogP contribution < -0.4 is 11.4 Å². The van der Waals surface area contributed by atoms with Gasteiger partial charge in [0.1, 0.15) is 18.1 Å². The minimum absolute atomic E-state index is 0.0598. The van der Waals surface area contributed by atoms with Crippen molar-refractivity contribution in [3.63, 3.8) is 0 Å². The second-order valence-electron chi connectivity index (χ2n) is 7.60. The van der Waals surface area contributed by atoms with Gasteiger partial charge < -0.3 is 15.2 Å². The summed E-state index contributed by atoms with van der Waals surface area (Å²) in [6.07, 6.45) is 4.11. The van der Waals surface area contributed by atoms with Crippen LogP contribution in [0.4, 0.5) is 5.82 Å². The average molecular weight is 381 g/mol. The van der Waals surface area contributed by atoms with Crippen LogP contribution in [0.5, 0.6) is 0 Å². The molecule has 8 heteroatoms. The number of anilines is 1. The van der Waals surface area contributed by atoms with Crippen LogP contribution in [0.1, 0.15) is 46.3 Å². The molecule has 144 valence electrons. The maximum Gasteiger partial charge on any atom is 0.351 e. The van der Waals surface area contributed by atoms with E-state index in [0.717, 1.165) is 12.8 Å². The molecule has 0 bridgehead atoms. The Balaban J connectivity index is 1.63. The summed E-state index contributed by atoms with van der Waals surface area (Å²) in [5.41, 5.74) is 4.32. The molecule has 2 fully saturated rings. The predicted molar refractivity (Wildman–Crippen MR) is 101 cm³/mol. The molecule has 3 rings (SSSR count). The van der Waals surface area contributed by atoms with Crippen LogP contribution in [0.2, 0.25) is 0 Å². The third-order valence-electron chi connectivity index (χ3n) is 5.25. The standard InChI is InChI=1S/C18H27N3O4S/c1-10(2)12-5-4-11(3)8-13(12)24-16(22)17-25-15(9-26-17)21-7-6-14(19)20-18(21)23/h6-7,10-13,15,17H,4-5,8-9H2,1-3H3,(H2,19,20,23)/t11-,12+,13-,15+,17+/m1/s1. The van der Waals surface area contributed by atoms with Gasteiger partial charge in [0.15, 0.2) is 0 Å². The van der Waals surface area contributed by atoms with Gasteiger partial charge >= 0.3 is 11.7 Å². The Hall–Kier alpha value is -1.54. The summed E-state index contributed by atoms with van der Waals surface area (Å²) in [5.74, 6) is 1.73. The van der Waals surface area contributed by atoms with Crippen LogP contribution in [0.25, 0.3) is 0 Å². The lowest BCUT2D eigenvalue weighted by Crippen LogP contribution is -2.38. The highest BCUT2D eigenvalue weighted by molar-refractivity contribution is 8.00. The SMILES string of the molecule is CC(C)[C@@H]1CC[C@@H](C)C[C@H]1OC(=O)[C@H]1O[C@H](n2ccc(N)nc2=O)CS1. The first-order valence-corrected chi connectivity index (χ1v) is 10.2. The van der Waals surface area contributed by atoms with E-state index in [4.69, 9.17) is 15.2 Å². The van der Waals surface area contributed by atoms with Crippen molar-refractivity contribution >= 4 is 23.5 Å². The number of nitrogens with zero attached hydrogens (tertiary/aromatic N) is 2. The van der Waals surface area contributed by atoms with E-state index in [9.17, 15) is 9.59 Å². The van der Waals surface area contributed by atoms with E-state index in [-0.39, 0.29) is 17.9 Å². The molecular weight excluding hydrogens is 354 g/mol. The monoisotopic (exact) mass is 381 g/mol. The minimum Gasteiger partial charge on any atom is -0.459 e. The second kappa shape index (κ2) is 8.00. The first kappa shape index (κ1) is 19.2. The lowest BCUT2D eigenvalue weighted by molar-refractivity contribution is -0.166. The molecule has 2 N–H and O–H groups in total. The van der Waals surface area contributed by atoms with Crippen LogP contribution in [-0.2, 0) is 14.3 Å². The maximum absolute atomic E-state index is 12.6. The number of ether oxygens (including phenoxy) is 2. The smallest absolute Gasteiger partial charge is 0.351 e. The van der Waals surface area contributed by atoms with Gasteiger partial charge in [-0.25, -0.2) is 9.59 Å². The molecule has 1 aliphatic heterocycles. The van der Waals surface area contributed by atoms with Crippen molar-refractivity contribution < 1.29 is 14.3 Å². The molecule has 7 nitrogen and oxygen atoms in total. The van der Waals surface area contributed by atoms with Crippen LogP contribution in [0.15, 0.2) is 17.1 Å². The van der Waals surface area contributed by atoms with Gasteiger partial charge in [0.25, 0.3) is 0 Å². The molecule has 2 aliphatic rings. The molecular formula is C18H27N3O4S. The Labute approximate surface area is 157 Å². The van der Waals surface area contributed by atoms with Gasteiger partial charge in [0, 0.05) is 11.9 Å². The minimum atomic E-state index is -0.713.